The van der Waals surface area contributed by atoms with E-state index in [9.17, 15) is 14.2 Å². The second-order valence-corrected chi connectivity index (χ2v) is 7.47. The lowest BCUT2D eigenvalue weighted by atomic mass is 10.2. The van der Waals surface area contributed by atoms with Gasteiger partial charge in [0, 0.05) is 19.7 Å². The summed E-state index contributed by atoms with van der Waals surface area (Å²) in [4.78, 5) is 25.4. The molecule has 3 rings (SSSR count). The van der Waals surface area contributed by atoms with E-state index in [0.717, 1.165) is 0 Å². The first-order valence-corrected chi connectivity index (χ1v) is 8.61. The van der Waals surface area contributed by atoms with Gasteiger partial charge in [0.15, 0.2) is 0 Å². The number of rotatable bonds is 2. The molecular formula is C10H12IN2O7P. The molecule has 2 fully saturated rings. The maximum atomic E-state index is 11.9. The second kappa shape index (κ2) is 5.60. The molecule has 4 atom stereocenters. The van der Waals surface area contributed by atoms with Crippen molar-refractivity contribution in [2.24, 2.45) is 0 Å². The zero-order valence-electron chi connectivity index (χ0n) is 10.9. The Labute approximate surface area is 132 Å². The van der Waals surface area contributed by atoms with E-state index in [1.807, 2.05) is 22.6 Å². The van der Waals surface area contributed by atoms with Crippen molar-refractivity contribution in [2.75, 3.05) is 13.7 Å². The van der Waals surface area contributed by atoms with Gasteiger partial charge in [0.05, 0.1) is 10.2 Å². The Bertz CT molecular complexity index is 716. The maximum Gasteiger partial charge on any atom is 0.474 e. The Hall–Kier alpha value is -0.520. The first-order chi connectivity index (χ1) is 9.92. The molecule has 2 aliphatic rings. The Morgan fingerprint density at radius 1 is 1.48 bits per heavy atom. The number of phosphoric ester groups is 1. The molecule has 0 bridgehead atoms. The molecule has 9 nitrogen and oxygen atoms in total. The summed E-state index contributed by atoms with van der Waals surface area (Å²) < 4.78 is 34.3. The van der Waals surface area contributed by atoms with Crippen molar-refractivity contribution in [1.82, 2.24) is 9.55 Å². The van der Waals surface area contributed by atoms with E-state index in [1.165, 1.54) is 17.9 Å². The number of halogens is 1. The van der Waals surface area contributed by atoms with E-state index in [2.05, 4.69) is 4.98 Å². The predicted molar refractivity (Wildman–Crippen MR) is 78.0 cm³/mol. The lowest BCUT2D eigenvalue weighted by Gasteiger charge is -2.28. The van der Waals surface area contributed by atoms with Crippen LogP contribution in [0.4, 0.5) is 0 Å². The fourth-order valence-electron chi connectivity index (χ4n) is 2.26. The molecule has 1 aromatic rings. The number of fused-ring (bicyclic) bond motifs is 1. The van der Waals surface area contributed by atoms with Gasteiger partial charge in [-0.3, -0.25) is 27.9 Å². The molecule has 0 aliphatic carbocycles. The van der Waals surface area contributed by atoms with Gasteiger partial charge in [-0.2, -0.15) is 0 Å². The van der Waals surface area contributed by atoms with Crippen molar-refractivity contribution in [1.29, 1.82) is 0 Å². The minimum atomic E-state index is -3.54. The molecule has 0 aromatic carbocycles. The standard InChI is InChI=1S/C10H12IN2O7P/c1-17-21(16)18-4-7-6(20-21)2-8(19-7)13-3-5(11)9(14)12-10(13)15/h3,6-8H,2,4H2,1H3,(H,12,14,15)/t6-,7+,8+,21+/m0/s1. The van der Waals surface area contributed by atoms with Crippen molar-refractivity contribution in [3.8, 4) is 0 Å². The summed E-state index contributed by atoms with van der Waals surface area (Å²) in [5.41, 5.74) is -1.02. The lowest BCUT2D eigenvalue weighted by molar-refractivity contribution is -0.0702. The second-order valence-electron chi connectivity index (χ2n) is 4.58. The number of ether oxygens (including phenoxy) is 1. The fourth-order valence-corrected chi connectivity index (χ4v) is 3.83. The van der Waals surface area contributed by atoms with E-state index >= 15 is 0 Å². The highest BCUT2D eigenvalue weighted by molar-refractivity contribution is 14.1. The lowest BCUT2D eigenvalue weighted by Crippen LogP contribution is -2.34. The van der Waals surface area contributed by atoms with Gasteiger partial charge in [0.25, 0.3) is 5.56 Å². The van der Waals surface area contributed by atoms with Crippen LogP contribution in [0.5, 0.6) is 0 Å². The van der Waals surface area contributed by atoms with E-state index in [-0.39, 0.29) is 6.61 Å². The van der Waals surface area contributed by atoms with Gasteiger partial charge in [0.1, 0.15) is 18.4 Å². The third-order valence-corrected chi connectivity index (χ3v) is 5.51. The molecule has 1 N–H and O–H groups in total. The summed E-state index contributed by atoms with van der Waals surface area (Å²) in [7, 11) is -2.30. The van der Waals surface area contributed by atoms with Crippen LogP contribution in [0.1, 0.15) is 12.6 Å². The third kappa shape index (κ3) is 2.88. The number of H-pyrrole nitrogens is 1. The summed E-state index contributed by atoms with van der Waals surface area (Å²) in [6.07, 6.45) is 0.170. The van der Waals surface area contributed by atoms with Crippen molar-refractivity contribution in [2.45, 2.75) is 24.9 Å². The quantitative estimate of drug-likeness (QED) is 0.541. The number of nitrogens with one attached hydrogen (secondary N) is 1. The Morgan fingerprint density at radius 3 is 2.95 bits per heavy atom. The van der Waals surface area contributed by atoms with Crippen LogP contribution in [0, 0.1) is 3.57 Å². The normalized spacial score (nSPS) is 35.6. The molecule has 116 valence electrons. The van der Waals surface area contributed by atoms with Crippen LogP contribution in [0.25, 0.3) is 0 Å². The van der Waals surface area contributed by atoms with Crippen LogP contribution < -0.4 is 11.2 Å². The van der Waals surface area contributed by atoms with Gasteiger partial charge in [-0.05, 0) is 22.6 Å². The number of phosphoric acid groups is 1. The van der Waals surface area contributed by atoms with Crippen LogP contribution in [0.2, 0.25) is 0 Å². The van der Waals surface area contributed by atoms with Gasteiger partial charge in [0.2, 0.25) is 0 Å². The summed E-state index contributed by atoms with van der Waals surface area (Å²) >= 11 is 1.83. The molecule has 3 heterocycles. The highest BCUT2D eigenvalue weighted by Gasteiger charge is 2.47. The van der Waals surface area contributed by atoms with Gasteiger partial charge in [-0.15, -0.1) is 0 Å². The average Bonchev–Trinajstić information content (AvgIpc) is 2.85. The summed E-state index contributed by atoms with van der Waals surface area (Å²) in [5, 5.41) is 0. The molecule has 21 heavy (non-hydrogen) atoms. The summed E-state index contributed by atoms with van der Waals surface area (Å²) in [6.45, 7) is 0.0570. The van der Waals surface area contributed by atoms with Gasteiger partial charge in [-0.1, -0.05) is 0 Å². The van der Waals surface area contributed by atoms with E-state index in [4.69, 9.17) is 18.3 Å². The van der Waals surface area contributed by atoms with E-state index < -0.39 is 37.5 Å². The Kier molecular flexibility index (Phi) is 4.10. The SMILES string of the molecule is CO[P@]1(=O)OC[C@H]2O[C@@H](n3cc(I)c(=O)[nH]c3=O)C[C@@H]2O1. The van der Waals surface area contributed by atoms with Gasteiger partial charge >= 0.3 is 13.5 Å². The topological polar surface area (TPSA) is 109 Å². The molecule has 11 heteroatoms. The van der Waals surface area contributed by atoms with Crippen LogP contribution >= 0.6 is 30.4 Å². The van der Waals surface area contributed by atoms with Crippen molar-refractivity contribution < 1.29 is 22.9 Å². The highest BCUT2D eigenvalue weighted by atomic mass is 127. The largest absolute Gasteiger partial charge is 0.474 e. The first kappa shape index (κ1) is 15.4. The molecule has 2 aliphatic heterocycles. The summed E-state index contributed by atoms with van der Waals surface area (Å²) in [6, 6.07) is 0. The molecule has 0 spiro atoms. The highest BCUT2D eigenvalue weighted by Crippen LogP contribution is 2.55. The number of aromatic nitrogens is 2. The van der Waals surface area contributed by atoms with Crippen LogP contribution in [-0.2, 0) is 22.9 Å². The number of nitrogens with zero attached hydrogens (tertiary/aromatic N) is 1. The monoisotopic (exact) mass is 430 g/mol. The smallest absolute Gasteiger partial charge is 0.349 e. The molecule has 0 saturated carbocycles. The molecule has 0 amide bonds. The number of hydrogen-bond donors (Lipinski definition) is 1. The van der Waals surface area contributed by atoms with Crippen molar-refractivity contribution >= 4 is 30.4 Å². The first-order valence-electron chi connectivity index (χ1n) is 6.07. The van der Waals surface area contributed by atoms with E-state index in [1.54, 1.807) is 0 Å². The summed E-state index contributed by atoms with van der Waals surface area (Å²) in [5.74, 6) is 0. The van der Waals surface area contributed by atoms with Gasteiger partial charge < -0.3 is 4.74 Å². The van der Waals surface area contributed by atoms with Crippen molar-refractivity contribution in [3.05, 3.63) is 30.6 Å². The van der Waals surface area contributed by atoms with Gasteiger partial charge in [-0.25, -0.2) is 9.36 Å². The molecule has 2 saturated heterocycles. The van der Waals surface area contributed by atoms with E-state index in [0.29, 0.717) is 9.99 Å². The minimum absolute atomic E-state index is 0.0570. The van der Waals surface area contributed by atoms with Crippen LogP contribution in [-0.4, -0.2) is 35.5 Å². The van der Waals surface area contributed by atoms with Crippen LogP contribution in [0.3, 0.4) is 0 Å². The molecule has 0 radical (unpaired) electrons. The number of hydrogen-bond acceptors (Lipinski definition) is 7. The van der Waals surface area contributed by atoms with Crippen LogP contribution in [0.15, 0.2) is 15.8 Å². The minimum Gasteiger partial charge on any atom is -0.349 e. The zero-order chi connectivity index (χ0) is 15.2. The fraction of sp³-hybridized carbons (Fsp3) is 0.600. The Morgan fingerprint density at radius 2 is 2.24 bits per heavy atom. The Balaban J connectivity index is 1.85. The molecule has 1 aromatic heterocycles. The number of aromatic amines is 1. The maximum absolute atomic E-state index is 11.9. The zero-order valence-corrected chi connectivity index (χ0v) is 13.9. The van der Waals surface area contributed by atoms with Crippen molar-refractivity contribution in [3.63, 3.8) is 0 Å². The molecule has 0 unspecified atom stereocenters. The average molecular weight is 430 g/mol. The third-order valence-electron chi connectivity index (χ3n) is 3.30. The predicted octanol–water partition coefficient (Wildman–Crippen LogP) is 0.599. The molecular weight excluding hydrogens is 418 g/mol.